The van der Waals surface area contributed by atoms with Crippen LogP contribution in [-0.2, 0) is 25.7 Å². The molecule has 1 aromatic rings. The standard InChI is InChI=1S/C38H49NO4/c1-34(2)19-26-25(27(20-34)33(42)43-22-23-11-9-8-10-12-23)13-15-38(7)31(26)28(40)17-30-36(5)18-24(21-39)32(41)35(3,4)29(36)14-16-37(30,38)6/h8-12,18,25-27,29-31H,13-17,19-20,22H2,1-7H3/t25?,26?,27-,29+,30-,31?,36+,37-,38-/m1/s1. The number of esters is 1. The van der Waals surface area contributed by atoms with E-state index in [1.165, 1.54) is 0 Å². The van der Waals surface area contributed by atoms with Gasteiger partial charge in [-0.05, 0) is 89.4 Å². The van der Waals surface area contributed by atoms with Gasteiger partial charge in [-0.3, -0.25) is 14.4 Å². The van der Waals surface area contributed by atoms with E-state index >= 15 is 0 Å². The number of allylic oxidation sites excluding steroid dienone is 2. The number of benzene rings is 1. The Bertz CT molecular complexity index is 1420. The Labute approximate surface area is 257 Å². The van der Waals surface area contributed by atoms with Gasteiger partial charge in [-0.2, -0.15) is 5.26 Å². The number of hydrogen-bond acceptors (Lipinski definition) is 5. The minimum atomic E-state index is -0.630. The zero-order valence-corrected chi connectivity index (χ0v) is 27.2. The fraction of sp³-hybridized carbons (Fsp3) is 0.684. The quantitative estimate of drug-likeness (QED) is 0.338. The van der Waals surface area contributed by atoms with E-state index in [2.05, 4.69) is 40.7 Å². The lowest BCUT2D eigenvalue weighted by Crippen LogP contribution is -2.68. The first-order valence-corrected chi connectivity index (χ1v) is 16.5. The van der Waals surface area contributed by atoms with Crippen LogP contribution in [0.1, 0.15) is 99.0 Å². The van der Waals surface area contributed by atoms with Crippen molar-refractivity contribution in [3.05, 3.63) is 47.5 Å². The van der Waals surface area contributed by atoms with Crippen molar-refractivity contribution in [2.75, 3.05) is 0 Å². The molecule has 0 amide bonds. The second-order valence-corrected chi connectivity index (χ2v) is 16.9. The molecule has 0 N–H and O–H groups in total. The Balaban J connectivity index is 1.34. The van der Waals surface area contributed by atoms with E-state index in [1.807, 2.05) is 50.3 Å². The Morgan fingerprint density at radius 3 is 2.26 bits per heavy atom. The van der Waals surface area contributed by atoms with Crippen molar-refractivity contribution in [3.63, 3.8) is 0 Å². The molecule has 0 bridgehead atoms. The molecule has 4 saturated carbocycles. The van der Waals surface area contributed by atoms with Gasteiger partial charge in [0.25, 0.3) is 0 Å². The number of ketones is 2. The maximum absolute atomic E-state index is 14.6. The number of carbonyl (C=O) groups is 3. The molecule has 43 heavy (non-hydrogen) atoms. The summed E-state index contributed by atoms with van der Waals surface area (Å²) in [5, 5.41) is 9.96. The number of nitrogens with zero attached hydrogens (tertiary/aromatic N) is 1. The van der Waals surface area contributed by atoms with Gasteiger partial charge >= 0.3 is 5.97 Å². The number of rotatable bonds is 3. The monoisotopic (exact) mass is 583 g/mol. The van der Waals surface area contributed by atoms with Gasteiger partial charge in [-0.25, -0.2) is 0 Å². The lowest BCUT2D eigenvalue weighted by atomic mass is 9.32. The molecule has 1 aromatic carbocycles. The van der Waals surface area contributed by atoms with Crippen LogP contribution in [0.25, 0.3) is 0 Å². The summed E-state index contributed by atoms with van der Waals surface area (Å²) >= 11 is 0. The first-order valence-electron chi connectivity index (χ1n) is 16.5. The molecule has 4 fully saturated rings. The zero-order chi connectivity index (χ0) is 31.2. The molecule has 9 atom stereocenters. The summed E-state index contributed by atoms with van der Waals surface area (Å²) in [7, 11) is 0. The molecule has 3 unspecified atom stereocenters. The minimum Gasteiger partial charge on any atom is -0.461 e. The Morgan fingerprint density at radius 2 is 1.58 bits per heavy atom. The molecule has 0 radical (unpaired) electrons. The van der Waals surface area contributed by atoms with Crippen molar-refractivity contribution >= 4 is 17.5 Å². The van der Waals surface area contributed by atoms with Crippen LogP contribution >= 0.6 is 0 Å². The van der Waals surface area contributed by atoms with Crippen molar-refractivity contribution in [3.8, 4) is 6.07 Å². The van der Waals surface area contributed by atoms with Gasteiger partial charge < -0.3 is 4.74 Å². The summed E-state index contributed by atoms with van der Waals surface area (Å²) in [4.78, 5) is 41.6. The number of hydrogen-bond donors (Lipinski definition) is 0. The highest BCUT2D eigenvalue weighted by molar-refractivity contribution is 6.04. The average molecular weight is 584 g/mol. The third kappa shape index (κ3) is 4.32. The summed E-state index contributed by atoms with van der Waals surface area (Å²) in [6, 6.07) is 12.1. The van der Waals surface area contributed by atoms with Crippen LogP contribution in [0.15, 0.2) is 42.0 Å². The van der Waals surface area contributed by atoms with Crippen molar-refractivity contribution < 1.29 is 19.1 Å². The van der Waals surface area contributed by atoms with Crippen LogP contribution in [0.3, 0.4) is 0 Å². The maximum Gasteiger partial charge on any atom is 0.309 e. The molecule has 5 heteroatoms. The predicted molar refractivity (Wildman–Crippen MR) is 165 cm³/mol. The van der Waals surface area contributed by atoms with Crippen LogP contribution in [-0.4, -0.2) is 17.5 Å². The van der Waals surface area contributed by atoms with Gasteiger partial charge in [0, 0.05) is 17.8 Å². The third-order valence-electron chi connectivity index (χ3n) is 13.8. The molecule has 0 saturated heterocycles. The number of nitriles is 1. The second kappa shape index (κ2) is 9.88. The first-order chi connectivity index (χ1) is 20.1. The molecule has 5 nitrogen and oxygen atoms in total. The summed E-state index contributed by atoms with van der Waals surface area (Å²) in [5.74, 6) is 0.365. The van der Waals surface area contributed by atoms with Gasteiger partial charge in [0.2, 0.25) is 0 Å². The average Bonchev–Trinajstić information content (AvgIpc) is 2.94. The van der Waals surface area contributed by atoms with E-state index in [4.69, 9.17) is 4.74 Å². The molecular weight excluding hydrogens is 534 g/mol. The van der Waals surface area contributed by atoms with E-state index in [-0.39, 0.29) is 75.7 Å². The molecule has 0 heterocycles. The molecule has 5 aliphatic rings. The SMILES string of the molecule is CC1(C)CC2C(CC[C@]3(C)C2C(=O)C[C@@H]2[C@@]4(C)C=C(C#N)C(=O)C(C)(C)[C@@H]4CC[C@]23C)[C@H](C(=O)OCc2ccccc2)C1. The fourth-order valence-electron chi connectivity index (χ4n) is 11.7. The Morgan fingerprint density at radius 1 is 0.907 bits per heavy atom. The highest BCUT2D eigenvalue weighted by Crippen LogP contribution is 2.74. The van der Waals surface area contributed by atoms with E-state index in [1.54, 1.807) is 0 Å². The highest BCUT2D eigenvalue weighted by Gasteiger charge is 2.71. The van der Waals surface area contributed by atoms with Crippen molar-refractivity contribution in [2.45, 2.75) is 100 Å². The smallest absolute Gasteiger partial charge is 0.309 e. The van der Waals surface area contributed by atoms with Gasteiger partial charge in [-0.1, -0.05) is 84.9 Å². The van der Waals surface area contributed by atoms with E-state index in [9.17, 15) is 19.6 Å². The molecule has 5 aliphatic carbocycles. The number of fused-ring (bicyclic) bond motifs is 7. The summed E-state index contributed by atoms with van der Waals surface area (Å²) < 4.78 is 5.94. The van der Waals surface area contributed by atoms with Crippen molar-refractivity contribution in [2.24, 2.45) is 62.6 Å². The third-order valence-corrected chi connectivity index (χ3v) is 13.8. The predicted octanol–water partition coefficient (Wildman–Crippen LogP) is 7.89. The van der Waals surface area contributed by atoms with Crippen molar-refractivity contribution in [1.82, 2.24) is 0 Å². The molecule has 6 rings (SSSR count). The minimum absolute atomic E-state index is 0.0533. The van der Waals surface area contributed by atoms with Gasteiger partial charge in [0.1, 0.15) is 18.5 Å². The number of ether oxygens (including phenoxy) is 1. The van der Waals surface area contributed by atoms with Crippen molar-refractivity contribution in [1.29, 1.82) is 5.26 Å². The topological polar surface area (TPSA) is 84.2 Å². The largest absolute Gasteiger partial charge is 0.461 e. The molecular formula is C38H49NO4. The van der Waals surface area contributed by atoms with Crippen LogP contribution in [0, 0.1) is 73.9 Å². The van der Waals surface area contributed by atoms with Crippen LogP contribution < -0.4 is 0 Å². The maximum atomic E-state index is 14.6. The van der Waals surface area contributed by atoms with E-state index in [0.717, 1.165) is 44.1 Å². The number of carbonyl (C=O) groups excluding carboxylic acids is 3. The molecule has 0 aliphatic heterocycles. The van der Waals surface area contributed by atoms with E-state index < -0.39 is 10.8 Å². The molecule has 0 aromatic heterocycles. The summed E-state index contributed by atoms with van der Waals surface area (Å²) in [5.41, 5.74) is -0.149. The molecule has 0 spiro atoms. The zero-order valence-electron chi connectivity index (χ0n) is 27.2. The van der Waals surface area contributed by atoms with Crippen LogP contribution in [0.2, 0.25) is 0 Å². The van der Waals surface area contributed by atoms with Crippen LogP contribution in [0.4, 0.5) is 0 Å². The summed E-state index contributed by atoms with van der Waals surface area (Å²) in [6.45, 7) is 15.8. The molecule has 230 valence electrons. The van der Waals surface area contributed by atoms with Gasteiger partial charge in [-0.15, -0.1) is 0 Å². The highest BCUT2D eigenvalue weighted by atomic mass is 16.5. The Kier molecular flexibility index (Phi) is 6.96. The lowest BCUT2D eigenvalue weighted by Gasteiger charge is -2.71. The Hall–Kier alpha value is -2.74. The number of Topliss-reactive ketones (excluding diaryl/α,β-unsaturated/α-hetero) is 2. The summed E-state index contributed by atoms with van der Waals surface area (Å²) in [6.07, 6.45) is 7.94. The lowest BCUT2D eigenvalue weighted by molar-refractivity contribution is -0.216. The fourth-order valence-corrected chi connectivity index (χ4v) is 11.7. The second-order valence-electron chi connectivity index (χ2n) is 16.9. The normalized spacial score (nSPS) is 42.7. The van der Waals surface area contributed by atoms with E-state index in [0.29, 0.717) is 12.2 Å². The van der Waals surface area contributed by atoms with Gasteiger partial charge in [0.05, 0.1) is 11.5 Å². The van der Waals surface area contributed by atoms with Gasteiger partial charge in [0.15, 0.2) is 5.78 Å². The first kappa shape index (κ1) is 30.3. The van der Waals surface area contributed by atoms with Crippen LogP contribution in [0.5, 0.6) is 0 Å².